The van der Waals surface area contributed by atoms with Crippen molar-refractivity contribution in [1.82, 2.24) is 10.2 Å². The number of nitrogens with zero attached hydrogens (tertiary/aromatic N) is 1. The number of nitrogens with one attached hydrogen (secondary N) is 1. The number of benzene rings is 1. The van der Waals surface area contributed by atoms with Crippen LogP contribution in [0.4, 0.5) is 4.39 Å². The van der Waals surface area contributed by atoms with Gasteiger partial charge < -0.3 is 5.32 Å². The maximum absolute atomic E-state index is 13.8. The average molecular weight is 268 g/mol. The van der Waals surface area contributed by atoms with Crippen LogP contribution in [0.2, 0.25) is 0 Å². The molecule has 0 radical (unpaired) electrons. The maximum atomic E-state index is 13.8. The van der Waals surface area contributed by atoms with Crippen LogP contribution in [-0.2, 0) is 13.1 Å². The van der Waals surface area contributed by atoms with Crippen LogP contribution in [0, 0.1) is 5.82 Å². The highest BCUT2D eigenvalue weighted by atomic mass is 32.2. The molecule has 1 aromatic carbocycles. The van der Waals surface area contributed by atoms with E-state index in [9.17, 15) is 4.39 Å². The molecule has 1 aliphatic rings. The molecule has 1 aromatic rings. The Bertz CT molecular complexity index is 378. The van der Waals surface area contributed by atoms with E-state index in [4.69, 9.17) is 0 Å². The van der Waals surface area contributed by atoms with E-state index < -0.39 is 0 Å². The molecule has 18 heavy (non-hydrogen) atoms. The van der Waals surface area contributed by atoms with Crippen molar-refractivity contribution >= 4 is 11.8 Å². The Balaban J connectivity index is 2.00. The summed E-state index contributed by atoms with van der Waals surface area (Å²) < 4.78 is 13.8. The fourth-order valence-electron chi connectivity index (χ4n) is 2.13. The van der Waals surface area contributed by atoms with Gasteiger partial charge in [0.05, 0.1) is 0 Å². The van der Waals surface area contributed by atoms with E-state index in [-0.39, 0.29) is 5.82 Å². The minimum Gasteiger partial charge on any atom is -0.313 e. The molecule has 0 bridgehead atoms. The lowest BCUT2D eigenvalue weighted by atomic mass is 10.1. The molecule has 1 fully saturated rings. The first-order chi connectivity index (χ1) is 8.79. The minimum atomic E-state index is -0.0755. The predicted octanol–water partition coefficient (Wildman–Crippen LogP) is 2.48. The highest BCUT2D eigenvalue weighted by Crippen LogP contribution is 2.16. The zero-order chi connectivity index (χ0) is 12.8. The van der Waals surface area contributed by atoms with Crippen LogP contribution in [0.1, 0.15) is 18.1 Å². The second-order valence-electron chi connectivity index (χ2n) is 4.59. The van der Waals surface area contributed by atoms with Crippen molar-refractivity contribution in [1.29, 1.82) is 0 Å². The lowest BCUT2D eigenvalue weighted by Crippen LogP contribution is -2.32. The molecule has 4 heteroatoms. The first kappa shape index (κ1) is 13.8. The Morgan fingerprint density at radius 2 is 2.11 bits per heavy atom. The average Bonchev–Trinajstić information content (AvgIpc) is 2.41. The zero-order valence-corrected chi connectivity index (χ0v) is 11.7. The van der Waals surface area contributed by atoms with Crippen molar-refractivity contribution < 1.29 is 4.39 Å². The molecule has 2 rings (SSSR count). The Morgan fingerprint density at radius 3 is 2.83 bits per heavy atom. The Hall–Kier alpha value is -0.580. The summed E-state index contributed by atoms with van der Waals surface area (Å²) in [6, 6.07) is 5.47. The molecule has 0 saturated carbocycles. The van der Waals surface area contributed by atoms with Crippen molar-refractivity contribution in [3.8, 4) is 0 Å². The lowest BCUT2D eigenvalue weighted by molar-refractivity contribution is 0.290. The smallest absolute Gasteiger partial charge is 0.127 e. The van der Waals surface area contributed by atoms with Crippen LogP contribution in [0.25, 0.3) is 0 Å². The van der Waals surface area contributed by atoms with Crippen molar-refractivity contribution in [3.63, 3.8) is 0 Å². The first-order valence-electron chi connectivity index (χ1n) is 6.57. The lowest BCUT2D eigenvalue weighted by Gasteiger charge is -2.26. The van der Waals surface area contributed by atoms with Crippen LogP contribution in [0.5, 0.6) is 0 Å². The first-order valence-corrected chi connectivity index (χ1v) is 7.73. The van der Waals surface area contributed by atoms with Gasteiger partial charge in [0.25, 0.3) is 0 Å². The fraction of sp³-hybridized carbons (Fsp3) is 0.571. The second kappa shape index (κ2) is 7.12. The van der Waals surface area contributed by atoms with Crippen molar-refractivity contribution in [3.05, 3.63) is 35.1 Å². The molecule has 0 amide bonds. The molecule has 2 nitrogen and oxygen atoms in total. The highest BCUT2D eigenvalue weighted by Gasteiger charge is 2.13. The van der Waals surface area contributed by atoms with Gasteiger partial charge in [-0.1, -0.05) is 19.1 Å². The summed E-state index contributed by atoms with van der Waals surface area (Å²) >= 11 is 1.98. The maximum Gasteiger partial charge on any atom is 0.127 e. The number of thioether (sulfide) groups is 1. The zero-order valence-electron chi connectivity index (χ0n) is 10.9. The molecule has 0 spiro atoms. The van der Waals surface area contributed by atoms with Gasteiger partial charge in [-0.2, -0.15) is 11.8 Å². The van der Waals surface area contributed by atoms with Gasteiger partial charge in [0, 0.05) is 43.2 Å². The van der Waals surface area contributed by atoms with Gasteiger partial charge in [0.2, 0.25) is 0 Å². The third kappa shape index (κ3) is 3.97. The molecule has 0 atom stereocenters. The predicted molar refractivity (Wildman–Crippen MR) is 76.4 cm³/mol. The van der Waals surface area contributed by atoms with Gasteiger partial charge in [-0.3, -0.25) is 4.90 Å². The van der Waals surface area contributed by atoms with E-state index in [2.05, 4.69) is 17.1 Å². The van der Waals surface area contributed by atoms with Crippen LogP contribution in [-0.4, -0.2) is 36.0 Å². The quantitative estimate of drug-likeness (QED) is 0.883. The van der Waals surface area contributed by atoms with E-state index in [0.717, 1.165) is 38.3 Å². The Morgan fingerprint density at radius 1 is 1.33 bits per heavy atom. The molecular weight excluding hydrogens is 247 g/mol. The Kier molecular flexibility index (Phi) is 5.47. The summed E-state index contributed by atoms with van der Waals surface area (Å²) in [6.07, 6.45) is 0. The summed E-state index contributed by atoms with van der Waals surface area (Å²) in [7, 11) is 0. The summed E-state index contributed by atoms with van der Waals surface area (Å²) in [5.41, 5.74) is 2.00. The topological polar surface area (TPSA) is 15.3 Å². The van der Waals surface area contributed by atoms with Gasteiger partial charge in [-0.25, -0.2) is 4.39 Å². The van der Waals surface area contributed by atoms with Crippen LogP contribution < -0.4 is 5.32 Å². The van der Waals surface area contributed by atoms with Crippen LogP contribution in [0.3, 0.4) is 0 Å². The van der Waals surface area contributed by atoms with Gasteiger partial charge in [0.15, 0.2) is 0 Å². The molecular formula is C14H21FN2S. The second-order valence-corrected chi connectivity index (χ2v) is 5.82. The van der Waals surface area contributed by atoms with Gasteiger partial charge >= 0.3 is 0 Å². The van der Waals surface area contributed by atoms with E-state index in [1.807, 2.05) is 23.9 Å². The molecule has 1 saturated heterocycles. The fourth-order valence-corrected chi connectivity index (χ4v) is 3.11. The molecule has 1 heterocycles. The van der Waals surface area contributed by atoms with Crippen molar-refractivity contribution in [2.24, 2.45) is 0 Å². The van der Waals surface area contributed by atoms with E-state index in [1.165, 1.54) is 17.1 Å². The van der Waals surface area contributed by atoms with Crippen LogP contribution >= 0.6 is 11.8 Å². The minimum absolute atomic E-state index is 0.0755. The summed E-state index contributed by atoms with van der Waals surface area (Å²) in [5.74, 6) is 2.26. The molecule has 100 valence electrons. The van der Waals surface area contributed by atoms with Crippen molar-refractivity contribution in [2.45, 2.75) is 20.0 Å². The molecule has 1 N–H and O–H groups in total. The molecule has 0 unspecified atom stereocenters. The largest absolute Gasteiger partial charge is 0.313 e. The normalized spacial score (nSPS) is 17.0. The number of halogens is 1. The van der Waals surface area contributed by atoms with E-state index in [0.29, 0.717) is 0 Å². The Labute approximate surface area is 113 Å². The number of hydrogen-bond acceptors (Lipinski definition) is 3. The van der Waals surface area contributed by atoms with Crippen molar-refractivity contribution in [2.75, 3.05) is 31.1 Å². The highest BCUT2D eigenvalue weighted by molar-refractivity contribution is 7.99. The van der Waals surface area contributed by atoms with Crippen LogP contribution in [0.15, 0.2) is 18.2 Å². The van der Waals surface area contributed by atoms with Gasteiger partial charge in [-0.15, -0.1) is 0 Å². The standard InChI is InChI=1S/C14H21FN2S/c1-2-16-10-12-3-4-14(15)13(9-12)11-17-5-7-18-8-6-17/h3-4,9,16H,2,5-8,10-11H2,1H3. The number of hydrogen-bond donors (Lipinski definition) is 1. The summed E-state index contributed by atoms with van der Waals surface area (Å²) in [4.78, 5) is 2.34. The van der Waals surface area contributed by atoms with E-state index in [1.54, 1.807) is 6.07 Å². The number of rotatable bonds is 5. The summed E-state index contributed by atoms with van der Waals surface area (Å²) in [5, 5.41) is 3.28. The molecule has 0 aromatic heterocycles. The molecule has 0 aliphatic carbocycles. The van der Waals surface area contributed by atoms with Gasteiger partial charge in [-0.05, 0) is 18.2 Å². The third-order valence-corrected chi connectivity index (χ3v) is 4.13. The third-order valence-electron chi connectivity index (χ3n) is 3.19. The summed E-state index contributed by atoms with van der Waals surface area (Å²) in [6.45, 7) is 6.72. The van der Waals surface area contributed by atoms with E-state index >= 15 is 0 Å². The SMILES string of the molecule is CCNCc1ccc(F)c(CN2CCSCC2)c1. The monoisotopic (exact) mass is 268 g/mol. The van der Waals surface area contributed by atoms with Gasteiger partial charge in [0.1, 0.15) is 5.82 Å². The molecule has 1 aliphatic heterocycles.